The molecule has 5 nitrogen and oxygen atoms in total. The van der Waals surface area contributed by atoms with Gasteiger partial charge in [0.2, 0.25) is 0 Å². The summed E-state index contributed by atoms with van der Waals surface area (Å²) in [5.41, 5.74) is 1.10. The van der Waals surface area contributed by atoms with E-state index in [1.165, 1.54) is 25.1 Å². The molecule has 1 saturated heterocycles. The molecule has 0 radical (unpaired) electrons. The van der Waals surface area contributed by atoms with Gasteiger partial charge < -0.3 is 19.7 Å². The lowest BCUT2D eigenvalue weighted by molar-refractivity contribution is -0.0289. The number of morpholine rings is 1. The summed E-state index contributed by atoms with van der Waals surface area (Å²) in [6.45, 7) is 3.72. The first-order valence-electron chi connectivity index (χ1n) is 9.35. The SMILES string of the molecule is CC(=O)c1cc(F)ccc1OCC1CN(C(=S)NCc2ccc(Cl)cc2Cl)CCO1. The van der Waals surface area contributed by atoms with Gasteiger partial charge in [0.05, 0.1) is 12.2 Å². The second kappa shape index (κ2) is 10.4. The fourth-order valence-corrected chi connectivity index (χ4v) is 3.75. The number of carbonyl (C=O) groups is 1. The van der Waals surface area contributed by atoms with Crippen LogP contribution in [0, 0.1) is 5.82 Å². The second-order valence-corrected chi connectivity index (χ2v) is 8.07. The van der Waals surface area contributed by atoms with Crippen LogP contribution >= 0.6 is 35.4 Å². The van der Waals surface area contributed by atoms with Gasteiger partial charge in [0.25, 0.3) is 0 Å². The third kappa shape index (κ3) is 6.04. The predicted octanol–water partition coefficient (Wildman–Crippen LogP) is 4.49. The van der Waals surface area contributed by atoms with E-state index in [1.807, 2.05) is 11.0 Å². The number of ether oxygens (including phenoxy) is 2. The summed E-state index contributed by atoms with van der Waals surface area (Å²) < 4.78 is 24.9. The van der Waals surface area contributed by atoms with Crippen LogP contribution in [0.3, 0.4) is 0 Å². The van der Waals surface area contributed by atoms with E-state index in [1.54, 1.807) is 12.1 Å². The van der Waals surface area contributed by atoms with Crippen LogP contribution in [0.15, 0.2) is 36.4 Å². The normalized spacial score (nSPS) is 16.3. The first kappa shape index (κ1) is 22.7. The molecule has 9 heteroatoms. The molecule has 2 aromatic rings. The van der Waals surface area contributed by atoms with Crippen LogP contribution in [0.2, 0.25) is 10.0 Å². The molecule has 0 amide bonds. The standard InChI is InChI=1S/C21H21Cl2FN2O3S/c1-13(27)18-9-16(24)4-5-20(18)29-12-17-11-26(6-7-28-17)21(30)25-10-14-2-3-15(22)8-19(14)23/h2-5,8-9,17H,6-7,10-12H2,1H3,(H,25,30). The molecule has 1 fully saturated rings. The van der Waals surface area contributed by atoms with Crippen LogP contribution in [0.4, 0.5) is 4.39 Å². The molecule has 3 rings (SSSR count). The molecule has 0 bridgehead atoms. The number of rotatable bonds is 6. The number of carbonyl (C=O) groups excluding carboxylic acids is 1. The van der Waals surface area contributed by atoms with Crippen molar-refractivity contribution in [1.29, 1.82) is 0 Å². The first-order valence-corrected chi connectivity index (χ1v) is 10.5. The van der Waals surface area contributed by atoms with Gasteiger partial charge in [0, 0.05) is 29.7 Å². The van der Waals surface area contributed by atoms with Gasteiger partial charge in [-0.15, -0.1) is 0 Å². The van der Waals surface area contributed by atoms with E-state index in [0.29, 0.717) is 47.1 Å². The van der Waals surface area contributed by atoms with Crippen molar-refractivity contribution in [2.45, 2.75) is 19.6 Å². The van der Waals surface area contributed by atoms with Crippen molar-refractivity contribution >= 4 is 46.3 Å². The topological polar surface area (TPSA) is 50.8 Å². The van der Waals surface area contributed by atoms with Crippen molar-refractivity contribution in [2.75, 3.05) is 26.3 Å². The van der Waals surface area contributed by atoms with Crippen molar-refractivity contribution in [3.8, 4) is 5.75 Å². The van der Waals surface area contributed by atoms with E-state index in [9.17, 15) is 9.18 Å². The zero-order valence-corrected chi connectivity index (χ0v) is 18.6. The monoisotopic (exact) mass is 470 g/mol. The Balaban J connectivity index is 1.54. The fraction of sp³-hybridized carbons (Fsp3) is 0.333. The van der Waals surface area contributed by atoms with Crippen molar-refractivity contribution in [3.63, 3.8) is 0 Å². The Hall–Kier alpha value is -1.93. The minimum absolute atomic E-state index is 0.208. The molecule has 0 spiro atoms. The number of ketones is 1. The van der Waals surface area contributed by atoms with Crippen LogP contribution in [0.5, 0.6) is 5.75 Å². The number of hydrogen-bond donors (Lipinski definition) is 1. The maximum absolute atomic E-state index is 13.4. The van der Waals surface area contributed by atoms with Crippen molar-refractivity contribution in [2.24, 2.45) is 0 Å². The van der Waals surface area contributed by atoms with Gasteiger partial charge in [0.15, 0.2) is 10.9 Å². The van der Waals surface area contributed by atoms with Gasteiger partial charge in [-0.2, -0.15) is 0 Å². The first-order chi connectivity index (χ1) is 14.3. The van der Waals surface area contributed by atoms with Crippen molar-refractivity contribution in [3.05, 3.63) is 63.4 Å². The minimum atomic E-state index is -0.482. The summed E-state index contributed by atoms with van der Waals surface area (Å²) in [7, 11) is 0. The van der Waals surface area contributed by atoms with Gasteiger partial charge in [-0.1, -0.05) is 29.3 Å². The van der Waals surface area contributed by atoms with Gasteiger partial charge in [-0.3, -0.25) is 4.79 Å². The van der Waals surface area contributed by atoms with Crippen molar-refractivity contribution in [1.82, 2.24) is 10.2 Å². The molecule has 30 heavy (non-hydrogen) atoms. The van der Waals surface area contributed by atoms with Gasteiger partial charge in [-0.05, 0) is 55.0 Å². The zero-order chi connectivity index (χ0) is 21.7. The molecule has 1 aliphatic heterocycles. The number of nitrogens with one attached hydrogen (secondary N) is 1. The van der Waals surface area contributed by atoms with Crippen LogP contribution in [0.1, 0.15) is 22.8 Å². The molecular formula is C21H21Cl2FN2O3S. The van der Waals surface area contributed by atoms with Crippen LogP contribution in [-0.2, 0) is 11.3 Å². The highest BCUT2D eigenvalue weighted by Gasteiger charge is 2.23. The average molecular weight is 471 g/mol. The Morgan fingerprint density at radius 3 is 2.87 bits per heavy atom. The number of nitrogens with zero attached hydrogens (tertiary/aromatic N) is 1. The molecule has 0 aromatic heterocycles. The van der Waals surface area contributed by atoms with Crippen LogP contribution in [0.25, 0.3) is 0 Å². The van der Waals surface area contributed by atoms with Crippen LogP contribution in [-0.4, -0.2) is 48.2 Å². The summed E-state index contributed by atoms with van der Waals surface area (Å²) in [5, 5.41) is 4.94. The molecule has 0 aliphatic carbocycles. The highest BCUT2D eigenvalue weighted by molar-refractivity contribution is 7.80. The summed E-state index contributed by atoms with van der Waals surface area (Å²) in [5.74, 6) is -0.408. The molecule has 1 atom stereocenters. The van der Waals surface area contributed by atoms with E-state index in [0.717, 1.165) is 5.56 Å². The summed E-state index contributed by atoms with van der Waals surface area (Å²) >= 11 is 17.6. The number of Topliss-reactive ketones (excluding diaryl/α,β-unsaturated/α-hetero) is 1. The van der Waals surface area contributed by atoms with Crippen molar-refractivity contribution < 1.29 is 18.7 Å². The largest absolute Gasteiger partial charge is 0.490 e. The highest BCUT2D eigenvalue weighted by Crippen LogP contribution is 2.22. The van der Waals surface area contributed by atoms with E-state index in [-0.39, 0.29) is 24.1 Å². The van der Waals surface area contributed by atoms with Gasteiger partial charge in [0.1, 0.15) is 24.3 Å². The fourth-order valence-electron chi connectivity index (χ4n) is 3.04. The number of benzene rings is 2. The molecule has 2 aromatic carbocycles. The number of hydrogen-bond acceptors (Lipinski definition) is 4. The Labute approximate surface area is 190 Å². The lowest BCUT2D eigenvalue weighted by Gasteiger charge is -2.34. The maximum atomic E-state index is 13.4. The maximum Gasteiger partial charge on any atom is 0.169 e. The van der Waals surface area contributed by atoms with E-state index >= 15 is 0 Å². The van der Waals surface area contributed by atoms with Gasteiger partial charge in [-0.25, -0.2) is 4.39 Å². The Morgan fingerprint density at radius 2 is 2.13 bits per heavy atom. The molecule has 0 saturated carbocycles. The Bertz CT molecular complexity index is 944. The van der Waals surface area contributed by atoms with E-state index in [4.69, 9.17) is 44.9 Å². The van der Waals surface area contributed by atoms with Gasteiger partial charge >= 0.3 is 0 Å². The quantitative estimate of drug-likeness (QED) is 0.495. The minimum Gasteiger partial charge on any atom is -0.490 e. The average Bonchev–Trinajstić information content (AvgIpc) is 2.72. The molecule has 1 heterocycles. The third-order valence-corrected chi connectivity index (χ3v) is 5.61. The Kier molecular flexibility index (Phi) is 7.88. The smallest absolute Gasteiger partial charge is 0.169 e. The lowest BCUT2D eigenvalue weighted by atomic mass is 10.1. The number of thiocarbonyl (C=S) groups is 1. The second-order valence-electron chi connectivity index (χ2n) is 6.84. The summed E-state index contributed by atoms with van der Waals surface area (Å²) in [4.78, 5) is 13.7. The lowest BCUT2D eigenvalue weighted by Crippen LogP contribution is -2.50. The molecular weight excluding hydrogens is 450 g/mol. The van der Waals surface area contributed by atoms with E-state index < -0.39 is 5.82 Å². The summed E-state index contributed by atoms with van der Waals surface area (Å²) in [6.07, 6.45) is -0.248. The molecule has 1 aliphatic rings. The van der Waals surface area contributed by atoms with Crippen LogP contribution < -0.4 is 10.1 Å². The highest BCUT2D eigenvalue weighted by atomic mass is 35.5. The number of halogens is 3. The van der Waals surface area contributed by atoms with E-state index in [2.05, 4.69) is 5.32 Å². The molecule has 1 unspecified atom stereocenters. The molecule has 160 valence electrons. The zero-order valence-electron chi connectivity index (χ0n) is 16.3. The Morgan fingerprint density at radius 1 is 1.33 bits per heavy atom. The predicted molar refractivity (Wildman–Crippen MR) is 119 cm³/mol. The third-order valence-electron chi connectivity index (χ3n) is 4.62. The summed E-state index contributed by atoms with van der Waals surface area (Å²) in [6, 6.07) is 9.21. The molecule has 1 N–H and O–H groups in total.